The van der Waals surface area contributed by atoms with E-state index in [0.717, 1.165) is 25.7 Å². The van der Waals surface area contributed by atoms with Gasteiger partial charge in [-0.25, -0.2) is 0 Å². The van der Waals surface area contributed by atoms with E-state index in [9.17, 15) is 9.59 Å². The molecule has 1 N–H and O–H groups in total. The van der Waals surface area contributed by atoms with Crippen LogP contribution in [0.5, 0.6) is 0 Å². The van der Waals surface area contributed by atoms with Crippen LogP contribution in [0.3, 0.4) is 0 Å². The molecule has 0 radical (unpaired) electrons. The van der Waals surface area contributed by atoms with Crippen LogP contribution in [-0.4, -0.2) is 34.5 Å². The minimum absolute atomic E-state index is 0.162. The standard InChI is InChI=1S/C15H25NO3/c1-11-12(13(17)18)7-10-16(11)14(19)15(2)8-5-3-4-6-9-15/h11-12H,3-10H2,1-2H3,(H,17,18). The van der Waals surface area contributed by atoms with Gasteiger partial charge in [0.15, 0.2) is 0 Å². The molecule has 1 amide bonds. The third-order valence-corrected chi connectivity index (χ3v) is 5.06. The van der Waals surface area contributed by atoms with Crippen molar-refractivity contribution in [3.8, 4) is 0 Å². The first kappa shape index (κ1) is 14.4. The molecule has 19 heavy (non-hydrogen) atoms. The molecule has 2 unspecified atom stereocenters. The molecule has 2 aliphatic rings. The molecule has 0 aromatic carbocycles. The number of carboxylic acids is 1. The van der Waals surface area contributed by atoms with Crippen LogP contribution in [0.2, 0.25) is 0 Å². The zero-order valence-corrected chi connectivity index (χ0v) is 12.0. The van der Waals surface area contributed by atoms with Gasteiger partial charge in [-0.1, -0.05) is 32.6 Å². The van der Waals surface area contributed by atoms with E-state index in [1.54, 1.807) is 0 Å². The summed E-state index contributed by atoms with van der Waals surface area (Å²) in [5.41, 5.74) is -0.266. The predicted molar refractivity (Wildman–Crippen MR) is 72.7 cm³/mol. The Morgan fingerprint density at radius 2 is 1.74 bits per heavy atom. The second kappa shape index (κ2) is 5.51. The number of likely N-dealkylation sites (tertiary alicyclic amines) is 1. The molecule has 0 bridgehead atoms. The number of hydrogen-bond donors (Lipinski definition) is 1. The minimum atomic E-state index is -0.770. The lowest BCUT2D eigenvalue weighted by Crippen LogP contribution is -2.45. The maximum absolute atomic E-state index is 12.8. The third kappa shape index (κ3) is 2.77. The number of nitrogens with zero attached hydrogens (tertiary/aromatic N) is 1. The summed E-state index contributed by atoms with van der Waals surface area (Å²) in [5, 5.41) is 9.16. The Labute approximate surface area is 115 Å². The van der Waals surface area contributed by atoms with Gasteiger partial charge in [0.05, 0.1) is 5.92 Å². The van der Waals surface area contributed by atoms with Crippen molar-refractivity contribution < 1.29 is 14.7 Å². The largest absolute Gasteiger partial charge is 0.481 e. The van der Waals surface area contributed by atoms with Crippen LogP contribution in [0.4, 0.5) is 0 Å². The zero-order valence-electron chi connectivity index (χ0n) is 12.0. The first-order valence-corrected chi connectivity index (χ1v) is 7.49. The highest BCUT2D eigenvalue weighted by Gasteiger charge is 2.44. The fourth-order valence-electron chi connectivity index (χ4n) is 3.63. The Balaban J connectivity index is 2.09. The SMILES string of the molecule is CC1C(C(=O)O)CCN1C(=O)C1(C)CCCCCC1. The summed E-state index contributed by atoms with van der Waals surface area (Å²) >= 11 is 0. The van der Waals surface area contributed by atoms with Crippen LogP contribution < -0.4 is 0 Å². The molecule has 4 heteroatoms. The highest BCUT2D eigenvalue weighted by molar-refractivity contribution is 5.84. The average molecular weight is 267 g/mol. The van der Waals surface area contributed by atoms with Gasteiger partial charge in [-0.2, -0.15) is 0 Å². The van der Waals surface area contributed by atoms with Crippen molar-refractivity contribution in [3.05, 3.63) is 0 Å². The summed E-state index contributed by atoms with van der Waals surface area (Å²) in [4.78, 5) is 25.8. The minimum Gasteiger partial charge on any atom is -0.481 e. The van der Waals surface area contributed by atoms with Gasteiger partial charge in [0, 0.05) is 18.0 Å². The van der Waals surface area contributed by atoms with E-state index >= 15 is 0 Å². The summed E-state index contributed by atoms with van der Waals surface area (Å²) in [6.45, 7) is 4.55. The fraction of sp³-hybridized carbons (Fsp3) is 0.867. The van der Waals surface area contributed by atoms with Crippen molar-refractivity contribution in [1.82, 2.24) is 4.90 Å². The smallest absolute Gasteiger partial charge is 0.308 e. The van der Waals surface area contributed by atoms with E-state index in [0.29, 0.717) is 13.0 Å². The van der Waals surface area contributed by atoms with Crippen molar-refractivity contribution in [3.63, 3.8) is 0 Å². The van der Waals surface area contributed by atoms with Crippen molar-refractivity contribution in [2.75, 3.05) is 6.54 Å². The summed E-state index contributed by atoms with van der Waals surface area (Å²) in [7, 11) is 0. The molecule has 1 saturated heterocycles. The Morgan fingerprint density at radius 3 is 2.21 bits per heavy atom. The van der Waals surface area contributed by atoms with Gasteiger partial charge >= 0.3 is 5.97 Å². The highest BCUT2D eigenvalue weighted by atomic mass is 16.4. The van der Waals surface area contributed by atoms with Crippen LogP contribution in [0.1, 0.15) is 58.8 Å². The second-order valence-electron chi connectivity index (χ2n) is 6.45. The number of carbonyl (C=O) groups is 2. The van der Waals surface area contributed by atoms with Crippen LogP contribution in [-0.2, 0) is 9.59 Å². The van der Waals surface area contributed by atoms with Gasteiger partial charge < -0.3 is 10.0 Å². The van der Waals surface area contributed by atoms with Crippen molar-refractivity contribution >= 4 is 11.9 Å². The van der Waals surface area contributed by atoms with E-state index < -0.39 is 11.9 Å². The molecule has 1 aliphatic heterocycles. The second-order valence-corrected chi connectivity index (χ2v) is 6.45. The molecule has 0 aromatic heterocycles. The maximum Gasteiger partial charge on any atom is 0.308 e. The number of rotatable bonds is 2. The van der Waals surface area contributed by atoms with Crippen LogP contribution in [0.25, 0.3) is 0 Å². The average Bonchev–Trinajstić information content (AvgIpc) is 2.59. The highest BCUT2D eigenvalue weighted by Crippen LogP contribution is 2.38. The molecule has 0 aromatic rings. The quantitative estimate of drug-likeness (QED) is 0.783. The molecule has 2 fully saturated rings. The predicted octanol–water partition coefficient (Wildman–Crippen LogP) is 2.67. The molecule has 108 valence electrons. The molecule has 1 aliphatic carbocycles. The lowest BCUT2D eigenvalue weighted by atomic mass is 9.81. The normalized spacial score (nSPS) is 30.9. The topological polar surface area (TPSA) is 57.6 Å². The summed E-state index contributed by atoms with van der Waals surface area (Å²) in [6, 6.07) is -0.162. The molecule has 0 spiro atoms. The van der Waals surface area contributed by atoms with Gasteiger partial charge in [0.25, 0.3) is 0 Å². The van der Waals surface area contributed by atoms with Crippen LogP contribution in [0, 0.1) is 11.3 Å². The first-order valence-electron chi connectivity index (χ1n) is 7.49. The van der Waals surface area contributed by atoms with E-state index in [1.807, 2.05) is 11.8 Å². The third-order valence-electron chi connectivity index (χ3n) is 5.06. The van der Waals surface area contributed by atoms with Crippen molar-refractivity contribution in [1.29, 1.82) is 0 Å². The van der Waals surface area contributed by atoms with Gasteiger partial charge in [-0.3, -0.25) is 9.59 Å². The van der Waals surface area contributed by atoms with Crippen LogP contribution in [0.15, 0.2) is 0 Å². The van der Waals surface area contributed by atoms with Gasteiger partial charge in [-0.15, -0.1) is 0 Å². The van der Waals surface area contributed by atoms with E-state index in [1.165, 1.54) is 12.8 Å². The molecule has 2 atom stereocenters. The Bertz CT molecular complexity index is 358. The molecule has 1 heterocycles. The monoisotopic (exact) mass is 267 g/mol. The van der Waals surface area contributed by atoms with E-state index in [4.69, 9.17) is 5.11 Å². The maximum atomic E-state index is 12.8. The lowest BCUT2D eigenvalue weighted by Gasteiger charge is -2.34. The molecular weight excluding hydrogens is 242 g/mol. The van der Waals surface area contributed by atoms with Gasteiger partial charge in [-0.05, 0) is 26.2 Å². The lowest BCUT2D eigenvalue weighted by molar-refractivity contribution is -0.146. The first-order chi connectivity index (χ1) is 8.96. The number of amides is 1. The molecular formula is C15H25NO3. The number of carbonyl (C=O) groups excluding carboxylic acids is 1. The molecule has 1 saturated carbocycles. The Hall–Kier alpha value is -1.06. The Kier molecular flexibility index (Phi) is 4.16. The van der Waals surface area contributed by atoms with Crippen LogP contribution >= 0.6 is 0 Å². The molecule has 4 nitrogen and oxygen atoms in total. The summed E-state index contributed by atoms with van der Waals surface area (Å²) in [6.07, 6.45) is 7.17. The number of aliphatic carboxylic acids is 1. The number of hydrogen-bond acceptors (Lipinski definition) is 2. The summed E-state index contributed by atoms with van der Waals surface area (Å²) < 4.78 is 0. The van der Waals surface area contributed by atoms with Gasteiger partial charge in [0.1, 0.15) is 0 Å². The zero-order chi connectivity index (χ0) is 14.0. The fourth-order valence-corrected chi connectivity index (χ4v) is 3.63. The van der Waals surface area contributed by atoms with Crippen molar-refractivity contribution in [2.24, 2.45) is 11.3 Å². The molecule has 2 rings (SSSR count). The van der Waals surface area contributed by atoms with E-state index in [-0.39, 0.29) is 17.4 Å². The van der Waals surface area contributed by atoms with Gasteiger partial charge in [0.2, 0.25) is 5.91 Å². The van der Waals surface area contributed by atoms with Crippen molar-refractivity contribution in [2.45, 2.75) is 64.8 Å². The van der Waals surface area contributed by atoms with E-state index in [2.05, 4.69) is 6.92 Å². The Morgan fingerprint density at radius 1 is 1.16 bits per heavy atom. The number of carboxylic acid groups (broad SMARTS) is 1. The summed E-state index contributed by atoms with van der Waals surface area (Å²) in [5.74, 6) is -0.974.